The van der Waals surface area contributed by atoms with E-state index in [0.717, 1.165) is 12.8 Å². The summed E-state index contributed by atoms with van der Waals surface area (Å²) in [4.78, 5) is 0. The lowest BCUT2D eigenvalue weighted by molar-refractivity contribution is 0.141. The third kappa shape index (κ3) is 4.04. The van der Waals surface area contributed by atoms with Crippen LogP contribution in [0.2, 0.25) is 0 Å². The average Bonchev–Trinajstić information content (AvgIpc) is 2.35. The van der Waals surface area contributed by atoms with E-state index in [1.54, 1.807) is 0 Å². The molecule has 1 saturated carbocycles. The molecule has 1 aliphatic carbocycles. The summed E-state index contributed by atoms with van der Waals surface area (Å²) in [6, 6.07) is 0.420. The maximum atomic E-state index is 12.8. The molecule has 0 aromatic heterocycles. The largest absolute Gasteiger partial charge is 0.316 e. The summed E-state index contributed by atoms with van der Waals surface area (Å²) >= 11 is 0. The van der Waals surface area contributed by atoms with Crippen LogP contribution in [-0.4, -0.2) is 27.3 Å². The molecule has 0 heterocycles. The van der Waals surface area contributed by atoms with Gasteiger partial charge in [0.2, 0.25) is 0 Å². The van der Waals surface area contributed by atoms with Crippen LogP contribution in [0, 0.1) is 11.3 Å². The molecule has 0 aromatic rings. The van der Waals surface area contributed by atoms with Gasteiger partial charge in [-0.2, -0.15) is 0 Å². The summed E-state index contributed by atoms with van der Waals surface area (Å²) in [6.45, 7) is 13.3. The second-order valence-electron chi connectivity index (χ2n) is 7.70. The van der Waals surface area contributed by atoms with Gasteiger partial charge in [-0.3, -0.25) is 4.21 Å². The molecule has 1 rings (SSSR count). The van der Waals surface area contributed by atoms with E-state index >= 15 is 0 Å². The Balaban J connectivity index is 2.89. The highest BCUT2D eigenvalue weighted by Gasteiger charge is 2.41. The average molecular weight is 288 g/mol. The minimum atomic E-state index is -0.774. The highest BCUT2D eigenvalue weighted by atomic mass is 32.2. The summed E-state index contributed by atoms with van der Waals surface area (Å²) in [7, 11) is 1.24. The van der Waals surface area contributed by atoms with E-state index in [9.17, 15) is 4.21 Å². The molecule has 1 aliphatic rings. The van der Waals surface area contributed by atoms with E-state index in [0.29, 0.717) is 22.6 Å². The van der Waals surface area contributed by atoms with Crippen LogP contribution >= 0.6 is 0 Å². The van der Waals surface area contributed by atoms with Crippen molar-refractivity contribution in [2.24, 2.45) is 11.3 Å². The molecule has 4 atom stereocenters. The van der Waals surface area contributed by atoms with Gasteiger partial charge in [0.1, 0.15) is 0 Å². The van der Waals surface area contributed by atoms with E-state index in [-0.39, 0.29) is 4.75 Å². The van der Waals surface area contributed by atoms with Gasteiger partial charge in [-0.25, -0.2) is 0 Å². The first-order valence-corrected chi connectivity index (χ1v) is 8.92. The molecule has 0 saturated heterocycles. The Labute approximate surface area is 122 Å². The van der Waals surface area contributed by atoms with Crippen LogP contribution in [0.4, 0.5) is 0 Å². The van der Waals surface area contributed by atoms with E-state index in [4.69, 9.17) is 0 Å². The van der Waals surface area contributed by atoms with E-state index in [2.05, 4.69) is 46.9 Å². The zero-order chi connectivity index (χ0) is 14.8. The Kier molecular flexibility index (Phi) is 5.65. The first-order chi connectivity index (χ1) is 8.63. The minimum absolute atomic E-state index is 0.113. The molecule has 2 nitrogen and oxygen atoms in total. The van der Waals surface area contributed by atoms with Crippen LogP contribution in [0.5, 0.6) is 0 Å². The van der Waals surface area contributed by atoms with Gasteiger partial charge in [0.05, 0.1) is 5.25 Å². The summed E-state index contributed by atoms with van der Waals surface area (Å²) in [5.41, 5.74) is 0.374. The SMILES string of the molecule is CCC(C)(C)C1CCC(NC)C(S(=O)C(C)(C)C)C1. The number of hydrogen-bond donors (Lipinski definition) is 1. The second-order valence-corrected chi connectivity index (χ2v) is 10.1. The van der Waals surface area contributed by atoms with Gasteiger partial charge in [0.15, 0.2) is 0 Å². The molecule has 0 aliphatic heterocycles. The Morgan fingerprint density at radius 3 is 2.16 bits per heavy atom. The fourth-order valence-electron chi connectivity index (χ4n) is 3.15. The predicted molar refractivity (Wildman–Crippen MR) is 85.9 cm³/mol. The molecule has 1 N–H and O–H groups in total. The van der Waals surface area contributed by atoms with Crippen molar-refractivity contribution in [2.45, 2.75) is 83.3 Å². The van der Waals surface area contributed by atoms with Crippen LogP contribution in [0.3, 0.4) is 0 Å². The summed E-state index contributed by atoms with van der Waals surface area (Å²) in [6.07, 6.45) is 4.74. The van der Waals surface area contributed by atoms with Gasteiger partial charge in [-0.15, -0.1) is 0 Å². The van der Waals surface area contributed by atoms with Gasteiger partial charge >= 0.3 is 0 Å². The van der Waals surface area contributed by atoms with Gasteiger partial charge in [-0.05, 0) is 58.4 Å². The number of nitrogens with one attached hydrogen (secondary N) is 1. The lowest BCUT2D eigenvalue weighted by Crippen LogP contribution is -2.50. The Bertz CT molecular complexity index is 319. The highest BCUT2D eigenvalue weighted by Crippen LogP contribution is 2.42. The molecule has 0 aromatic carbocycles. The van der Waals surface area contributed by atoms with E-state index in [1.165, 1.54) is 12.8 Å². The summed E-state index contributed by atoms with van der Waals surface area (Å²) < 4.78 is 12.7. The van der Waals surface area contributed by atoms with Crippen LogP contribution in [0.25, 0.3) is 0 Å². The Morgan fingerprint density at radius 2 is 1.74 bits per heavy atom. The predicted octanol–water partition coefficient (Wildman–Crippen LogP) is 3.73. The van der Waals surface area contributed by atoms with Gasteiger partial charge in [0, 0.05) is 21.6 Å². The molecular weight excluding hydrogens is 254 g/mol. The van der Waals surface area contributed by atoms with Gasteiger partial charge in [-0.1, -0.05) is 27.2 Å². The second kappa shape index (κ2) is 6.26. The zero-order valence-corrected chi connectivity index (χ0v) is 14.7. The molecule has 0 bridgehead atoms. The summed E-state index contributed by atoms with van der Waals surface area (Å²) in [5, 5.41) is 3.70. The number of hydrogen-bond acceptors (Lipinski definition) is 2. The topological polar surface area (TPSA) is 29.1 Å². The van der Waals surface area contributed by atoms with Crippen molar-refractivity contribution in [1.82, 2.24) is 5.32 Å². The van der Waals surface area contributed by atoms with Crippen LogP contribution in [-0.2, 0) is 10.8 Å². The maximum absolute atomic E-state index is 12.8. The van der Waals surface area contributed by atoms with Crippen molar-refractivity contribution in [3.63, 3.8) is 0 Å². The standard InChI is InChI=1S/C16H33NOS/c1-8-16(5,6)12-9-10-13(17-7)14(11-12)19(18)15(2,3)4/h12-14,17H,8-11H2,1-7H3. The van der Waals surface area contributed by atoms with E-state index in [1.807, 2.05) is 7.05 Å². The molecule has 19 heavy (non-hydrogen) atoms. The molecule has 0 radical (unpaired) electrons. The van der Waals surface area contributed by atoms with Crippen molar-refractivity contribution in [3.05, 3.63) is 0 Å². The molecular formula is C16H33NOS. The van der Waals surface area contributed by atoms with Crippen LogP contribution in [0.1, 0.15) is 67.2 Å². The lowest BCUT2D eigenvalue weighted by Gasteiger charge is -2.44. The first-order valence-electron chi connectivity index (χ1n) is 7.71. The number of rotatable bonds is 4. The zero-order valence-electron chi connectivity index (χ0n) is 13.9. The van der Waals surface area contributed by atoms with Crippen LogP contribution in [0.15, 0.2) is 0 Å². The third-order valence-electron chi connectivity index (χ3n) is 5.06. The Morgan fingerprint density at radius 1 is 1.16 bits per heavy atom. The smallest absolute Gasteiger partial charge is 0.0509 e. The van der Waals surface area contributed by atoms with Crippen molar-refractivity contribution in [2.75, 3.05) is 7.05 Å². The minimum Gasteiger partial charge on any atom is -0.316 e. The van der Waals surface area contributed by atoms with Crippen LogP contribution < -0.4 is 5.32 Å². The van der Waals surface area contributed by atoms with Gasteiger partial charge < -0.3 is 5.32 Å². The normalized spacial score (nSPS) is 31.2. The monoisotopic (exact) mass is 287 g/mol. The summed E-state index contributed by atoms with van der Waals surface area (Å²) in [5.74, 6) is 0.707. The molecule has 114 valence electrons. The fourth-order valence-corrected chi connectivity index (χ4v) is 5.03. The highest BCUT2D eigenvalue weighted by molar-refractivity contribution is 7.87. The lowest BCUT2D eigenvalue weighted by atomic mass is 9.68. The Hall–Kier alpha value is 0.110. The molecule has 0 amide bonds. The van der Waals surface area contributed by atoms with Gasteiger partial charge in [0.25, 0.3) is 0 Å². The third-order valence-corrected chi connectivity index (χ3v) is 7.34. The van der Waals surface area contributed by atoms with Crippen molar-refractivity contribution >= 4 is 10.8 Å². The fraction of sp³-hybridized carbons (Fsp3) is 1.00. The molecule has 0 spiro atoms. The van der Waals surface area contributed by atoms with Crippen molar-refractivity contribution < 1.29 is 4.21 Å². The molecule has 1 fully saturated rings. The molecule has 3 heteroatoms. The maximum Gasteiger partial charge on any atom is 0.0509 e. The van der Waals surface area contributed by atoms with Crippen molar-refractivity contribution in [1.29, 1.82) is 0 Å². The van der Waals surface area contributed by atoms with Crippen molar-refractivity contribution in [3.8, 4) is 0 Å². The van der Waals surface area contributed by atoms with E-state index < -0.39 is 10.8 Å². The quantitative estimate of drug-likeness (QED) is 0.853. The first kappa shape index (κ1) is 17.2. The molecule has 4 unspecified atom stereocenters.